The molecule has 21 heavy (non-hydrogen) atoms. The lowest BCUT2D eigenvalue weighted by Gasteiger charge is -2.29. The first-order valence-corrected chi connectivity index (χ1v) is 8.91. The predicted molar refractivity (Wildman–Crippen MR) is 86.5 cm³/mol. The molecule has 2 fully saturated rings. The van der Waals surface area contributed by atoms with Gasteiger partial charge in [-0.3, -0.25) is 0 Å². The molecule has 1 heterocycles. The predicted octanol–water partition coefficient (Wildman–Crippen LogP) is 1.87. The Labute approximate surface area is 130 Å². The van der Waals surface area contributed by atoms with E-state index >= 15 is 0 Å². The summed E-state index contributed by atoms with van der Waals surface area (Å²) >= 11 is 0. The first kappa shape index (κ1) is 17.2. The normalized spacial score (nSPS) is 32.4. The molecule has 1 aliphatic heterocycles. The van der Waals surface area contributed by atoms with E-state index in [0.717, 1.165) is 25.4 Å². The zero-order valence-corrected chi connectivity index (χ0v) is 13.9. The molecule has 0 aromatic heterocycles. The van der Waals surface area contributed by atoms with Gasteiger partial charge >= 0.3 is 0 Å². The molecule has 1 saturated heterocycles. The Kier molecular flexibility index (Phi) is 7.44. The minimum absolute atomic E-state index is 0.362. The molecule has 0 bridgehead atoms. The molecule has 0 spiro atoms. The summed E-state index contributed by atoms with van der Waals surface area (Å²) in [4.78, 5) is 2.50. The van der Waals surface area contributed by atoms with Gasteiger partial charge in [0.25, 0.3) is 0 Å². The summed E-state index contributed by atoms with van der Waals surface area (Å²) in [6.45, 7) is 10.2. The summed E-state index contributed by atoms with van der Waals surface area (Å²) in [6, 6.07) is 0. The molecule has 0 amide bonds. The average Bonchev–Trinajstić information content (AvgIpc) is 2.94. The van der Waals surface area contributed by atoms with Gasteiger partial charge in [-0.1, -0.05) is 26.7 Å². The topological polar surface area (TPSA) is 44.7 Å². The van der Waals surface area contributed by atoms with Crippen molar-refractivity contribution < 1.29 is 9.84 Å². The van der Waals surface area contributed by atoms with Gasteiger partial charge in [-0.15, -0.1) is 0 Å². The van der Waals surface area contributed by atoms with Gasteiger partial charge in [-0.2, -0.15) is 0 Å². The zero-order chi connectivity index (χ0) is 15.1. The molecule has 2 N–H and O–H groups in total. The van der Waals surface area contributed by atoms with Crippen molar-refractivity contribution in [3.63, 3.8) is 0 Å². The van der Waals surface area contributed by atoms with E-state index in [0.29, 0.717) is 25.2 Å². The van der Waals surface area contributed by atoms with Crippen LogP contribution < -0.4 is 5.32 Å². The minimum atomic E-state index is -0.372. The number of ether oxygens (including phenoxy) is 1. The van der Waals surface area contributed by atoms with E-state index < -0.39 is 0 Å². The van der Waals surface area contributed by atoms with Crippen LogP contribution in [-0.4, -0.2) is 61.5 Å². The number of aliphatic hydroxyl groups is 1. The Bertz CT molecular complexity index is 288. The van der Waals surface area contributed by atoms with Crippen molar-refractivity contribution in [2.75, 3.05) is 39.3 Å². The summed E-state index contributed by atoms with van der Waals surface area (Å²) < 4.78 is 5.92. The first-order chi connectivity index (χ1) is 10.2. The number of aliphatic hydroxyl groups excluding tert-OH is 1. The van der Waals surface area contributed by atoms with Crippen LogP contribution in [0.5, 0.6) is 0 Å². The van der Waals surface area contributed by atoms with Crippen LogP contribution in [0.4, 0.5) is 0 Å². The van der Waals surface area contributed by atoms with Crippen LogP contribution in [0.15, 0.2) is 0 Å². The second-order valence-corrected chi connectivity index (χ2v) is 6.99. The van der Waals surface area contributed by atoms with Crippen LogP contribution in [0.2, 0.25) is 0 Å². The van der Waals surface area contributed by atoms with Crippen LogP contribution in [0.25, 0.3) is 0 Å². The molecule has 4 heteroatoms. The SMILES string of the molecule is CCN1CCC(CNCC(O)COC2CCCCC2C)C1. The summed E-state index contributed by atoms with van der Waals surface area (Å²) in [7, 11) is 0. The number of hydrogen-bond donors (Lipinski definition) is 2. The maximum absolute atomic E-state index is 10.0. The third-order valence-corrected chi connectivity index (χ3v) is 5.17. The smallest absolute Gasteiger partial charge is 0.0897 e. The number of hydrogen-bond acceptors (Lipinski definition) is 4. The molecule has 1 saturated carbocycles. The summed E-state index contributed by atoms with van der Waals surface area (Å²) in [5.74, 6) is 1.40. The Morgan fingerprint density at radius 2 is 2.10 bits per heavy atom. The van der Waals surface area contributed by atoms with Crippen molar-refractivity contribution >= 4 is 0 Å². The van der Waals surface area contributed by atoms with E-state index in [1.807, 2.05) is 0 Å². The fourth-order valence-electron chi connectivity index (χ4n) is 3.64. The molecule has 1 aliphatic carbocycles. The van der Waals surface area contributed by atoms with Crippen molar-refractivity contribution in [1.29, 1.82) is 0 Å². The minimum Gasteiger partial charge on any atom is -0.389 e. The number of likely N-dealkylation sites (tertiary alicyclic amines) is 1. The number of rotatable bonds is 8. The van der Waals surface area contributed by atoms with Crippen molar-refractivity contribution in [3.05, 3.63) is 0 Å². The maximum atomic E-state index is 10.0. The van der Waals surface area contributed by atoms with Gasteiger partial charge in [-0.25, -0.2) is 0 Å². The molecular formula is C17H34N2O2. The standard InChI is InChI=1S/C17H34N2O2/c1-3-19-9-8-15(12-19)10-18-11-16(20)13-21-17-7-5-4-6-14(17)2/h14-18,20H,3-13H2,1-2H3. The summed E-state index contributed by atoms with van der Waals surface area (Å²) in [5, 5.41) is 13.5. The second kappa shape index (κ2) is 9.09. The summed E-state index contributed by atoms with van der Waals surface area (Å²) in [5.41, 5.74) is 0. The van der Waals surface area contributed by atoms with Gasteiger partial charge in [0.1, 0.15) is 0 Å². The van der Waals surface area contributed by atoms with Gasteiger partial charge in [-0.05, 0) is 50.7 Å². The van der Waals surface area contributed by atoms with E-state index in [9.17, 15) is 5.11 Å². The van der Waals surface area contributed by atoms with E-state index in [2.05, 4.69) is 24.1 Å². The molecule has 4 nitrogen and oxygen atoms in total. The maximum Gasteiger partial charge on any atom is 0.0897 e. The molecule has 4 atom stereocenters. The highest BCUT2D eigenvalue weighted by molar-refractivity contribution is 4.77. The molecule has 2 aliphatic rings. The van der Waals surface area contributed by atoms with E-state index in [-0.39, 0.29) is 6.10 Å². The van der Waals surface area contributed by atoms with Crippen molar-refractivity contribution in [3.8, 4) is 0 Å². The summed E-state index contributed by atoms with van der Waals surface area (Å²) in [6.07, 6.45) is 6.32. The van der Waals surface area contributed by atoms with Gasteiger partial charge in [0.2, 0.25) is 0 Å². The fourth-order valence-corrected chi connectivity index (χ4v) is 3.64. The Hall–Kier alpha value is -0.160. The Morgan fingerprint density at radius 3 is 2.81 bits per heavy atom. The zero-order valence-electron chi connectivity index (χ0n) is 13.9. The quantitative estimate of drug-likeness (QED) is 0.718. The highest BCUT2D eigenvalue weighted by Crippen LogP contribution is 2.26. The lowest BCUT2D eigenvalue weighted by Crippen LogP contribution is -2.36. The van der Waals surface area contributed by atoms with Crippen molar-refractivity contribution in [2.45, 2.75) is 58.2 Å². The van der Waals surface area contributed by atoms with E-state index in [1.54, 1.807) is 0 Å². The monoisotopic (exact) mass is 298 g/mol. The van der Waals surface area contributed by atoms with Crippen LogP contribution in [-0.2, 0) is 4.74 Å². The van der Waals surface area contributed by atoms with E-state index in [4.69, 9.17) is 4.74 Å². The lowest BCUT2D eigenvalue weighted by atomic mass is 9.88. The molecule has 0 aromatic carbocycles. The fraction of sp³-hybridized carbons (Fsp3) is 1.00. The van der Waals surface area contributed by atoms with E-state index in [1.165, 1.54) is 38.8 Å². The average molecular weight is 298 g/mol. The molecule has 0 radical (unpaired) electrons. The van der Waals surface area contributed by atoms with Crippen molar-refractivity contribution in [2.24, 2.45) is 11.8 Å². The van der Waals surface area contributed by atoms with Gasteiger partial charge in [0, 0.05) is 13.1 Å². The molecule has 124 valence electrons. The largest absolute Gasteiger partial charge is 0.389 e. The molecule has 2 rings (SSSR count). The Balaban J connectivity index is 1.52. The lowest BCUT2D eigenvalue weighted by molar-refractivity contribution is -0.0452. The molecule has 0 aromatic rings. The third-order valence-electron chi connectivity index (χ3n) is 5.17. The van der Waals surface area contributed by atoms with Crippen LogP contribution in [0, 0.1) is 11.8 Å². The highest BCUT2D eigenvalue weighted by Gasteiger charge is 2.23. The van der Waals surface area contributed by atoms with Crippen LogP contribution >= 0.6 is 0 Å². The highest BCUT2D eigenvalue weighted by atomic mass is 16.5. The third kappa shape index (κ3) is 5.85. The van der Waals surface area contributed by atoms with Crippen LogP contribution in [0.1, 0.15) is 46.0 Å². The van der Waals surface area contributed by atoms with Gasteiger partial charge < -0.3 is 20.1 Å². The van der Waals surface area contributed by atoms with Crippen LogP contribution in [0.3, 0.4) is 0 Å². The Morgan fingerprint density at radius 1 is 1.29 bits per heavy atom. The number of nitrogens with one attached hydrogen (secondary N) is 1. The molecule has 4 unspecified atom stereocenters. The van der Waals surface area contributed by atoms with Crippen molar-refractivity contribution in [1.82, 2.24) is 10.2 Å². The van der Waals surface area contributed by atoms with Gasteiger partial charge in [0.15, 0.2) is 0 Å². The number of nitrogens with zero attached hydrogens (tertiary/aromatic N) is 1. The second-order valence-electron chi connectivity index (χ2n) is 6.99. The molecular weight excluding hydrogens is 264 g/mol. The first-order valence-electron chi connectivity index (χ1n) is 8.91. The van der Waals surface area contributed by atoms with Gasteiger partial charge in [0.05, 0.1) is 18.8 Å².